The molecule has 0 saturated heterocycles. The molecule has 0 radical (unpaired) electrons. The molecule has 1 aliphatic rings. The number of benzene rings is 1. The van der Waals surface area contributed by atoms with E-state index in [-0.39, 0.29) is 10.9 Å². The van der Waals surface area contributed by atoms with E-state index in [4.69, 9.17) is 10.2 Å². The van der Waals surface area contributed by atoms with E-state index in [0.29, 0.717) is 17.2 Å². The fourth-order valence-electron chi connectivity index (χ4n) is 3.08. The lowest BCUT2D eigenvalue weighted by atomic mass is 9.88. The van der Waals surface area contributed by atoms with Crippen LogP contribution in [0.5, 0.6) is 0 Å². The number of nitrogen functional groups attached to an aromatic ring is 1. The maximum absolute atomic E-state index is 12.6. The molecule has 2 aromatic rings. The zero-order chi connectivity index (χ0) is 15.9. The molecule has 1 heterocycles. The molecule has 1 aromatic heterocycles. The van der Waals surface area contributed by atoms with Crippen LogP contribution in [-0.4, -0.2) is 8.42 Å². The molecule has 1 atom stereocenters. The number of rotatable bonds is 3. The first-order chi connectivity index (χ1) is 10.4. The summed E-state index contributed by atoms with van der Waals surface area (Å²) in [6.07, 6.45) is 2.65. The van der Waals surface area contributed by atoms with Crippen molar-refractivity contribution >= 4 is 15.7 Å². The van der Waals surface area contributed by atoms with Gasteiger partial charge in [-0.1, -0.05) is 6.07 Å². The third-order valence-corrected chi connectivity index (χ3v) is 5.64. The smallest absolute Gasteiger partial charge is 0.244 e. The van der Waals surface area contributed by atoms with Gasteiger partial charge in [0.2, 0.25) is 10.0 Å². The Kier molecular flexibility index (Phi) is 3.74. The van der Waals surface area contributed by atoms with Gasteiger partial charge in [-0.3, -0.25) is 0 Å². The second-order valence-electron chi connectivity index (χ2n) is 5.80. The fourth-order valence-corrected chi connectivity index (χ4v) is 4.57. The zero-order valence-electron chi connectivity index (χ0n) is 12.7. The number of hydrogen-bond acceptors (Lipinski definition) is 4. The first-order valence-electron chi connectivity index (χ1n) is 7.34. The minimum absolute atomic E-state index is 0.215. The van der Waals surface area contributed by atoms with Crippen molar-refractivity contribution in [3.8, 4) is 0 Å². The van der Waals surface area contributed by atoms with Gasteiger partial charge >= 0.3 is 0 Å². The van der Waals surface area contributed by atoms with E-state index in [9.17, 15) is 8.42 Å². The highest BCUT2D eigenvalue weighted by Crippen LogP contribution is 2.32. The van der Waals surface area contributed by atoms with Gasteiger partial charge < -0.3 is 10.2 Å². The molecule has 5 nitrogen and oxygen atoms in total. The minimum Gasteiger partial charge on any atom is -0.465 e. The van der Waals surface area contributed by atoms with E-state index in [0.717, 1.165) is 30.4 Å². The minimum atomic E-state index is -3.60. The summed E-state index contributed by atoms with van der Waals surface area (Å²) >= 11 is 0. The molecule has 0 saturated carbocycles. The van der Waals surface area contributed by atoms with E-state index in [2.05, 4.69) is 4.72 Å². The quantitative estimate of drug-likeness (QED) is 0.852. The number of nitrogens with two attached hydrogens (primary N) is 1. The number of sulfonamides is 1. The van der Waals surface area contributed by atoms with Crippen molar-refractivity contribution in [1.29, 1.82) is 0 Å². The van der Waals surface area contributed by atoms with Gasteiger partial charge in [-0.05, 0) is 62.4 Å². The number of nitrogens with one attached hydrogen (secondary N) is 1. The molecular weight excluding hydrogens is 300 g/mol. The molecule has 0 fully saturated rings. The van der Waals surface area contributed by atoms with E-state index in [1.165, 1.54) is 0 Å². The van der Waals surface area contributed by atoms with Crippen LogP contribution in [0.1, 0.15) is 41.5 Å². The standard InChI is InChI=1S/C16H20N2O3S/c1-10-8-16(11(2)21-10)22(19,20)18-15-5-3-4-12-9-13(17)6-7-14(12)15/h6-9,15,18H,3-5,17H2,1-2H3. The summed E-state index contributed by atoms with van der Waals surface area (Å²) in [6.45, 7) is 3.40. The van der Waals surface area contributed by atoms with Crippen LogP contribution < -0.4 is 10.5 Å². The van der Waals surface area contributed by atoms with Crippen molar-refractivity contribution in [2.75, 3.05) is 5.73 Å². The van der Waals surface area contributed by atoms with Crippen LogP contribution in [0.15, 0.2) is 33.6 Å². The number of hydrogen-bond donors (Lipinski definition) is 2. The average molecular weight is 320 g/mol. The first-order valence-corrected chi connectivity index (χ1v) is 8.83. The SMILES string of the molecule is Cc1cc(S(=O)(=O)NC2CCCc3cc(N)ccc32)c(C)o1. The molecule has 0 spiro atoms. The second-order valence-corrected chi connectivity index (χ2v) is 7.48. The molecule has 1 unspecified atom stereocenters. The summed E-state index contributed by atoms with van der Waals surface area (Å²) in [7, 11) is -3.60. The van der Waals surface area contributed by atoms with Gasteiger partial charge in [-0.15, -0.1) is 0 Å². The Morgan fingerprint density at radius 2 is 2.05 bits per heavy atom. The van der Waals surface area contributed by atoms with Crippen LogP contribution in [0, 0.1) is 13.8 Å². The summed E-state index contributed by atoms with van der Waals surface area (Å²) in [5, 5.41) is 0. The molecule has 1 aromatic carbocycles. The number of aryl methyl sites for hydroxylation is 3. The second kappa shape index (κ2) is 5.44. The van der Waals surface area contributed by atoms with Crippen molar-refractivity contribution in [2.45, 2.75) is 44.0 Å². The van der Waals surface area contributed by atoms with Crippen LogP contribution in [0.25, 0.3) is 0 Å². The summed E-state index contributed by atoms with van der Waals surface area (Å²) < 4.78 is 33.4. The Balaban J connectivity index is 1.93. The predicted octanol–water partition coefficient (Wildman–Crippen LogP) is 2.83. The summed E-state index contributed by atoms with van der Waals surface area (Å²) in [5.41, 5.74) is 8.67. The predicted molar refractivity (Wildman–Crippen MR) is 85.0 cm³/mol. The van der Waals surface area contributed by atoms with Crippen molar-refractivity contribution in [3.05, 3.63) is 46.9 Å². The molecule has 0 amide bonds. The lowest BCUT2D eigenvalue weighted by Gasteiger charge is -2.26. The molecule has 3 rings (SSSR count). The molecule has 1 aliphatic carbocycles. The summed E-state index contributed by atoms with van der Waals surface area (Å²) in [6, 6.07) is 7.01. The Hall–Kier alpha value is -1.79. The Morgan fingerprint density at radius 3 is 2.73 bits per heavy atom. The number of anilines is 1. The normalized spacial score (nSPS) is 18.2. The lowest BCUT2D eigenvalue weighted by molar-refractivity contribution is 0.489. The van der Waals surface area contributed by atoms with Gasteiger partial charge in [0.1, 0.15) is 16.4 Å². The fraction of sp³-hybridized carbons (Fsp3) is 0.375. The average Bonchev–Trinajstić information content (AvgIpc) is 2.78. The largest absolute Gasteiger partial charge is 0.465 e. The third kappa shape index (κ3) is 2.76. The van der Waals surface area contributed by atoms with E-state index in [1.807, 2.05) is 18.2 Å². The van der Waals surface area contributed by atoms with Gasteiger partial charge in [0.15, 0.2) is 0 Å². The number of furan rings is 1. The van der Waals surface area contributed by atoms with Crippen molar-refractivity contribution < 1.29 is 12.8 Å². The van der Waals surface area contributed by atoms with Gasteiger partial charge in [0.05, 0.1) is 0 Å². The van der Waals surface area contributed by atoms with Crippen LogP contribution in [0.3, 0.4) is 0 Å². The molecule has 22 heavy (non-hydrogen) atoms. The summed E-state index contributed by atoms with van der Waals surface area (Å²) in [4.78, 5) is 0.215. The van der Waals surface area contributed by atoms with E-state index >= 15 is 0 Å². The van der Waals surface area contributed by atoms with E-state index < -0.39 is 10.0 Å². The van der Waals surface area contributed by atoms with Gasteiger partial charge in [0, 0.05) is 11.7 Å². The molecule has 0 bridgehead atoms. The summed E-state index contributed by atoms with van der Waals surface area (Å²) in [5.74, 6) is 1.01. The van der Waals surface area contributed by atoms with Crippen molar-refractivity contribution in [2.24, 2.45) is 0 Å². The highest BCUT2D eigenvalue weighted by molar-refractivity contribution is 7.89. The van der Waals surface area contributed by atoms with Crippen molar-refractivity contribution in [1.82, 2.24) is 4.72 Å². The zero-order valence-corrected chi connectivity index (χ0v) is 13.5. The van der Waals surface area contributed by atoms with Crippen LogP contribution in [0.2, 0.25) is 0 Å². The van der Waals surface area contributed by atoms with Crippen LogP contribution in [0.4, 0.5) is 5.69 Å². The lowest BCUT2D eigenvalue weighted by Crippen LogP contribution is -2.31. The van der Waals surface area contributed by atoms with Crippen LogP contribution >= 0.6 is 0 Å². The molecule has 6 heteroatoms. The van der Waals surface area contributed by atoms with Crippen LogP contribution in [-0.2, 0) is 16.4 Å². The van der Waals surface area contributed by atoms with Gasteiger partial charge in [-0.25, -0.2) is 13.1 Å². The monoisotopic (exact) mass is 320 g/mol. The molecule has 0 aliphatic heterocycles. The third-order valence-electron chi connectivity index (χ3n) is 4.06. The Labute approximate surface area is 130 Å². The molecule has 118 valence electrons. The highest BCUT2D eigenvalue weighted by atomic mass is 32.2. The highest BCUT2D eigenvalue weighted by Gasteiger charge is 2.28. The number of fused-ring (bicyclic) bond motifs is 1. The van der Waals surface area contributed by atoms with Gasteiger partial charge in [0.25, 0.3) is 0 Å². The maximum Gasteiger partial charge on any atom is 0.244 e. The molecular formula is C16H20N2O3S. The Morgan fingerprint density at radius 1 is 1.27 bits per heavy atom. The maximum atomic E-state index is 12.6. The Bertz CT molecular complexity index is 809. The first kappa shape index (κ1) is 15.1. The molecule has 3 N–H and O–H groups in total. The van der Waals surface area contributed by atoms with Gasteiger partial charge in [-0.2, -0.15) is 0 Å². The van der Waals surface area contributed by atoms with Crippen molar-refractivity contribution in [3.63, 3.8) is 0 Å². The van der Waals surface area contributed by atoms with E-state index in [1.54, 1.807) is 19.9 Å². The topological polar surface area (TPSA) is 85.3 Å².